The van der Waals surface area contributed by atoms with Crippen LogP contribution in [0.3, 0.4) is 0 Å². The summed E-state index contributed by atoms with van der Waals surface area (Å²) in [7, 11) is 3.22. The maximum atomic E-state index is 13.1. The largest absolute Gasteiger partial charge is 0.497 e. The maximum absolute atomic E-state index is 13.1. The molecular formula is C23H22N2O4. The molecule has 1 amide bonds. The second kappa shape index (κ2) is 8.22. The van der Waals surface area contributed by atoms with E-state index in [0.29, 0.717) is 36.9 Å². The molecule has 6 heteroatoms. The molecule has 0 saturated heterocycles. The number of pyridine rings is 1. The Balaban J connectivity index is 1.58. The molecule has 0 bridgehead atoms. The van der Waals surface area contributed by atoms with Gasteiger partial charge >= 0.3 is 0 Å². The Bertz CT molecular complexity index is 1020. The molecule has 6 nitrogen and oxygen atoms in total. The summed E-state index contributed by atoms with van der Waals surface area (Å²) >= 11 is 0. The zero-order valence-corrected chi connectivity index (χ0v) is 16.4. The van der Waals surface area contributed by atoms with Crippen LogP contribution in [0, 0.1) is 0 Å². The summed E-state index contributed by atoms with van der Waals surface area (Å²) in [6.45, 7) is 1.46. The number of rotatable bonds is 5. The molecular weight excluding hydrogens is 368 g/mol. The van der Waals surface area contributed by atoms with Gasteiger partial charge in [-0.05, 0) is 41.5 Å². The van der Waals surface area contributed by atoms with Gasteiger partial charge in [0, 0.05) is 24.4 Å². The molecule has 0 spiro atoms. The fraction of sp³-hybridized carbons (Fsp3) is 0.217. The van der Waals surface area contributed by atoms with E-state index in [9.17, 15) is 4.79 Å². The minimum atomic E-state index is -0.0419. The smallest absolute Gasteiger partial charge is 0.258 e. The molecule has 29 heavy (non-hydrogen) atoms. The van der Waals surface area contributed by atoms with E-state index >= 15 is 0 Å². The molecule has 0 fully saturated rings. The molecule has 2 heterocycles. The van der Waals surface area contributed by atoms with Gasteiger partial charge in [-0.3, -0.25) is 4.79 Å². The van der Waals surface area contributed by atoms with Crippen molar-refractivity contribution < 1.29 is 19.0 Å². The minimum Gasteiger partial charge on any atom is -0.497 e. The number of nitrogens with zero attached hydrogens (tertiary/aromatic N) is 2. The second-order valence-electron chi connectivity index (χ2n) is 6.73. The van der Waals surface area contributed by atoms with Gasteiger partial charge in [0.05, 0.1) is 26.3 Å². The summed E-state index contributed by atoms with van der Waals surface area (Å²) in [4.78, 5) is 19.2. The van der Waals surface area contributed by atoms with Crippen LogP contribution in [0.25, 0.3) is 11.1 Å². The first-order chi connectivity index (χ1) is 14.2. The molecule has 0 N–H and O–H groups in total. The number of ether oxygens (including phenoxy) is 3. The SMILES string of the molecule is COc1cccc(CN2CCOc3cc(-c4ccc(OC)nc4)ccc3C2=O)c1. The molecule has 3 aromatic rings. The molecule has 0 atom stereocenters. The quantitative estimate of drug-likeness (QED) is 0.663. The Morgan fingerprint density at radius 3 is 2.66 bits per heavy atom. The lowest BCUT2D eigenvalue weighted by atomic mass is 10.0. The number of carbonyl (C=O) groups excluding carboxylic acids is 1. The van der Waals surface area contributed by atoms with Crippen molar-refractivity contribution in [2.45, 2.75) is 6.54 Å². The molecule has 1 aromatic heterocycles. The number of aromatic nitrogens is 1. The Labute approximate surface area is 169 Å². The van der Waals surface area contributed by atoms with Gasteiger partial charge in [0.1, 0.15) is 18.1 Å². The normalized spacial score (nSPS) is 13.3. The van der Waals surface area contributed by atoms with Crippen LogP contribution in [0.5, 0.6) is 17.4 Å². The monoisotopic (exact) mass is 390 g/mol. The topological polar surface area (TPSA) is 60.9 Å². The summed E-state index contributed by atoms with van der Waals surface area (Å²) in [6, 6.07) is 17.1. The predicted molar refractivity (Wildman–Crippen MR) is 109 cm³/mol. The molecule has 1 aliphatic heterocycles. The van der Waals surface area contributed by atoms with Crippen LogP contribution in [0.4, 0.5) is 0 Å². The second-order valence-corrected chi connectivity index (χ2v) is 6.73. The highest BCUT2D eigenvalue weighted by Gasteiger charge is 2.24. The van der Waals surface area contributed by atoms with Crippen LogP contribution in [0.2, 0.25) is 0 Å². The number of fused-ring (bicyclic) bond motifs is 1. The molecule has 4 rings (SSSR count). The number of carbonyl (C=O) groups is 1. The van der Waals surface area contributed by atoms with E-state index in [0.717, 1.165) is 22.4 Å². The van der Waals surface area contributed by atoms with E-state index in [2.05, 4.69) is 4.98 Å². The first kappa shape index (κ1) is 18.8. The maximum Gasteiger partial charge on any atom is 0.258 e. The van der Waals surface area contributed by atoms with Crippen molar-refractivity contribution >= 4 is 5.91 Å². The molecule has 0 radical (unpaired) electrons. The van der Waals surface area contributed by atoms with E-state index in [1.807, 2.05) is 54.6 Å². The van der Waals surface area contributed by atoms with E-state index < -0.39 is 0 Å². The van der Waals surface area contributed by atoms with Crippen molar-refractivity contribution in [1.82, 2.24) is 9.88 Å². The third-order valence-corrected chi connectivity index (χ3v) is 4.90. The number of hydrogen-bond acceptors (Lipinski definition) is 5. The van der Waals surface area contributed by atoms with Crippen LogP contribution in [0.1, 0.15) is 15.9 Å². The molecule has 0 saturated carbocycles. The lowest BCUT2D eigenvalue weighted by molar-refractivity contribution is 0.0743. The Hall–Kier alpha value is -3.54. The Morgan fingerprint density at radius 2 is 1.90 bits per heavy atom. The zero-order chi connectivity index (χ0) is 20.2. The van der Waals surface area contributed by atoms with Crippen LogP contribution in [-0.4, -0.2) is 43.2 Å². The van der Waals surface area contributed by atoms with Gasteiger partial charge in [0.15, 0.2) is 0 Å². The van der Waals surface area contributed by atoms with Crippen molar-refractivity contribution in [2.75, 3.05) is 27.4 Å². The van der Waals surface area contributed by atoms with Crippen LogP contribution >= 0.6 is 0 Å². The van der Waals surface area contributed by atoms with Crippen molar-refractivity contribution in [1.29, 1.82) is 0 Å². The summed E-state index contributed by atoms with van der Waals surface area (Å²) in [6.07, 6.45) is 1.74. The van der Waals surface area contributed by atoms with Gasteiger partial charge in [-0.15, -0.1) is 0 Å². The summed E-state index contributed by atoms with van der Waals surface area (Å²) in [5.41, 5.74) is 3.45. The molecule has 2 aromatic carbocycles. The highest BCUT2D eigenvalue weighted by atomic mass is 16.5. The fourth-order valence-electron chi connectivity index (χ4n) is 3.35. The number of amides is 1. The standard InChI is InChI=1S/C23H22N2O4/c1-27-19-5-3-4-16(12-19)15-25-10-11-29-21-13-17(6-8-20(21)23(25)26)18-7-9-22(28-2)24-14-18/h3-9,12-14H,10-11,15H2,1-2H3. The van der Waals surface area contributed by atoms with E-state index in [1.165, 1.54) is 0 Å². The highest BCUT2D eigenvalue weighted by molar-refractivity contribution is 5.98. The van der Waals surface area contributed by atoms with E-state index in [-0.39, 0.29) is 5.91 Å². The first-order valence-corrected chi connectivity index (χ1v) is 9.37. The van der Waals surface area contributed by atoms with Gasteiger partial charge < -0.3 is 19.1 Å². The van der Waals surface area contributed by atoms with Crippen LogP contribution in [-0.2, 0) is 6.54 Å². The van der Waals surface area contributed by atoms with E-state index in [4.69, 9.17) is 14.2 Å². The molecule has 0 unspecified atom stereocenters. The van der Waals surface area contributed by atoms with Gasteiger partial charge in [-0.2, -0.15) is 0 Å². The summed E-state index contributed by atoms with van der Waals surface area (Å²) in [5.74, 6) is 1.89. The zero-order valence-electron chi connectivity index (χ0n) is 16.4. The average molecular weight is 390 g/mol. The molecule has 1 aliphatic rings. The number of methoxy groups -OCH3 is 2. The first-order valence-electron chi connectivity index (χ1n) is 9.37. The predicted octanol–water partition coefficient (Wildman–Crippen LogP) is 3.80. The van der Waals surface area contributed by atoms with Gasteiger partial charge in [-0.25, -0.2) is 4.98 Å². The van der Waals surface area contributed by atoms with Crippen molar-refractivity contribution in [3.63, 3.8) is 0 Å². The fourth-order valence-corrected chi connectivity index (χ4v) is 3.35. The minimum absolute atomic E-state index is 0.0419. The van der Waals surface area contributed by atoms with Gasteiger partial charge in [0.2, 0.25) is 5.88 Å². The Morgan fingerprint density at radius 1 is 1.03 bits per heavy atom. The van der Waals surface area contributed by atoms with Crippen molar-refractivity contribution in [3.05, 3.63) is 71.9 Å². The average Bonchev–Trinajstić information content (AvgIpc) is 2.92. The third-order valence-electron chi connectivity index (χ3n) is 4.90. The Kier molecular flexibility index (Phi) is 5.33. The van der Waals surface area contributed by atoms with Gasteiger partial charge in [-0.1, -0.05) is 18.2 Å². The van der Waals surface area contributed by atoms with Crippen molar-refractivity contribution in [2.24, 2.45) is 0 Å². The van der Waals surface area contributed by atoms with Gasteiger partial charge in [0.25, 0.3) is 5.91 Å². The molecule has 0 aliphatic carbocycles. The number of benzene rings is 2. The lowest BCUT2D eigenvalue weighted by Crippen LogP contribution is -2.31. The molecule has 148 valence electrons. The van der Waals surface area contributed by atoms with E-state index in [1.54, 1.807) is 25.3 Å². The summed E-state index contributed by atoms with van der Waals surface area (Å²) < 4.78 is 16.3. The summed E-state index contributed by atoms with van der Waals surface area (Å²) in [5, 5.41) is 0. The lowest BCUT2D eigenvalue weighted by Gasteiger charge is -2.20. The number of hydrogen-bond donors (Lipinski definition) is 0. The highest BCUT2D eigenvalue weighted by Crippen LogP contribution is 2.30. The van der Waals surface area contributed by atoms with Crippen molar-refractivity contribution in [3.8, 4) is 28.5 Å². The third kappa shape index (κ3) is 4.01. The van der Waals surface area contributed by atoms with Crippen LogP contribution < -0.4 is 14.2 Å². The van der Waals surface area contributed by atoms with Crippen LogP contribution in [0.15, 0.2) is 60.8 Å².